The van der Waals surface area contributed by atoms with Crippen molar-refractivity contribution in [1.29, 1.82) is 0 Å². The average Bonchev–Trinajstić information content (AvgIpc) is 3.60. The number of benzene rings is 1. The van der Waals surface area contributed by atoms with Crippen LogP contribution in [0.2, 0.25) is 0 Å². The molecule has 0 atom stereocenters. The number of hydrogen-bond acceptors (Lipinski definition) is 9. The summed E-state index contributed by atoms with van der Waals surface area (Å²) in [5.41, 5.74) is 7.15. The first-order chi connectivity index (χ1) is 19.9. The topological polar surface area (TPSA) is 139 Å². The summed E-state index contributed by atoms with van der Waals surface area (Å²) in [7, 11) is 3.50. The van der Waals surface area contributed by atoms with Crippen LogP contribution in [0.25, 0.3) is 28.2 Å². The Morgan fingerprint density at radius 3 is 2.50 bits per heavy atom. The molecular weight excluding hydrogens is 548 g/mol. The van der Waals surface area contributed by atoms with Gasteiger partial charge in [-0.25, -0.2) is 14.2 Å². The van der Waals surface area contributed by atoms with Crippen molar-refractivity contribution in [2.24, 2.45) is 7.05 Å². The highest BCUT2D eigenvalue weighted by Crippen LogP contribution is 2.33. The van der Waals surface area contributed by atoms with Gasteiger partial charge in [-0.15, -0.1) is 5.10 Å². The Bertz CT molecular complexity index is 1590. The minimum Gasteiger partial charge on any atom is -0.487 e. The van der Waals surface area contributed by atoms with Gasteiger partial charge < -0.3 is 20.1 Å². The van der Waals surface area contributed by atoms with E-state index in [4.69, 9.17) is 15.2 Å². The molecule has 1 aliphatic carbocycles. The molecule has 2 N–H and O–H groups in total. The SMILES string of the molecule is CN(C(=O)OC(C)(C)C)C1CCC(Oc2ccc(-n3nnnc3-c3cc(-c4cnn(C)c4)cnc3N)c(F)c2F)CC1. The highest BCUT2D eigenvalue weighted by Gasteiger charge is 2.31. The number of tetrazole rings is 1. The lowest BCUT2D eigenvalue weighted by Crippen LogP contribution is -2.43. The fraction of sp³-hybridized carbons (Fsp3) is 0.429. The van der Waals surface area contributed by atoms with Gasteiger partial charge in [0.2, 0.25) is 5.82 Å². The summed E-state index contributed by atoms with van der Waals surface area (Å²) in [5, 5.41) is 15.7. The van der Waals surface area contributed by atoms with Crippen LogP contribution < -0.4 is 10.5 Å². The molecule has 3 aromatic heterocycles. The molecule has 12 nitrogen and oxygen atoms in total. The fourth-order valence-electron chi connectivity index (χ4n) is 4.89. The summed E-state index contributed by atoms with van der Waals surface area (Å²) in [6.07, 6.45) is 6.75. The van der Waals surface area contributed by atoms with Crippen LogP contribution in [0.5, 0.6) is 5.75 Å². The second-order valence-corrected chi connectivity index (χ2v) is 11.3. The van der Waals surface area contributed by atoms with Crippen molar-refractivity contribution in [3.63, 3.8) is 0 Å². The Morgan fingerprint density at radius 2 is 1.83 bits per heavy atom. The van der Waals surface area contributed by atoms with Crippen molar-refractivity contribution < 1.29 is 23.0 Å². The van der Waals surface area contributed by atoms with Crippen molar-refractivity contribution in [3.8, 4) is 34.0 Å². The summed E-state index contributed by atoms with van der Waals surface area (Å²) in [5.74, 6) is -2.33. The predicted octanol–water partition coefficient (Wildman–Crippen LogP) is 4.54. The second-order valence-electron chi connectivity index (χ2n) is 11.3. The maximum absolute atomic E-state index is 15.4. The van der Waals surface area contributed by atoms with Gasteiger partial charge in [0.15, 0.2) is 17.4 Å². The standard InChI is InChI=1S/C28H33F2N9O3/c1-28(2,3)42-27(40)38(5)18-6-8-19(9-7-18)41-22-11-10-21(23(29)24(22)30)39-26(34-35-36-39)20-12-16(13-32-25(20)31)17-14-33-37(4)15-17/h10-15,18-19H,6-9H2,1-5H3,(H2,31,32). The lowest BCUT2D eigenvalue weighted by Gasteiger charge is -2.35. The fourth-order valence-corrected chi connectivity index (χ4v) is 4.89. The van der Waals surface area contributed by atoms with Crippen LogP contribution in [-0.4, -0.2) is 70.8 Å². The molecule has 1 fully saturated rings. The largest absolute Gasteiger partial charge is 0.487 e. The first-order valence-electron chi connectivity index (χ1n) is 13.6. The van der Waals surface area contributed by atoms with Gasteiger partial charge in [0.1, 0.15) is 17.1 Å². The zero-order valence-electron chi connectivity index (χ0n) is 24.1. The number of aryl methyl sites for hydroxylation is 1. The van der Waals surface area contributed by atoms with E-state index in [2.05, 4.69) is 25.6 Å². The molecule has 1 aromatic carbocycles. The number of anilines is 1. The number of hydrogen-bond donors (Lipinski definition) is 1. The van der Waals surface area contributed by atoms with Crippen molar-refractivity contribution >= 4 is 11.9 Å². The molecule has 0 unspecified atom stereocenters. The maximum Gasteiger partial charge on any atom is 0.410 e. The Labute approximate surface area is 241 Å². The predicted molar refractivity (Wildman–Crippen MR) is 150 cm³/mol. The number of carbonyl (C=O) groups is 1. The van der Waals surface area contributed by atoms with E-state index in [0.717, 1.165) is 10.2 Å². The van der Waals surface area contributed by atoms with E-state index in [0.29, 0.717) is 36.8 Å². The quantitative estimate of drug-likeness (QED) is 0.348. The smallest absolute Gasteiger partial charge is 0.410 e. The van der Waals surface area contributed by atoms with Crippen molar-refractivity contribution in [1.82, 2.24) is 39.9 Å². The van der Waals surface area contributed by atoms with E-state index >= 15 is 8.78 Å². The van der Waals surface area contributed by atoms with E-state index in [-0.39, 0.29) is 41.3 Å². The number of nitrogens with zero attached hydrogens (tertiary/aromatic N) is 8. The van der Waals surface area contributed by atoms with Crippen LogP contribution in [0.3, 0.4) is 0 Å². The third-order valence-corrected chi connectivity index (χ3v) is 7.09. The summed E-state index contributed by atoms with van der Waals surface area (Å²) < 4.78 is 44.7. The van der Waals surface area contributed by atoms with Gasteiger partial charge >= 0.3 is 6.09 Å². The summed E-state index contributed by atoms with van der Waals surface area (Å²) >= 11 is 0. The molecule has 0 spiro atoms. The number of rotatable bonds is 6. The number of halogens is 2. The number of nitrogens with two attached hydrogens (primary N) is 1. The van der Waals surface area contributed by atoms with Crippen LogP contribution in [0.4, 0.5) is 19.4 Å². The van der Waals surface area contributed by atoms with E-state index in [1.165, 1.54) is 12.1 Å². The molecule has 4 aromatic rings. The van der Waals surface area contributed by atoms with Gasteiger partial charge in [-0.1, -0.05) is 0 Å². The Morgan fingerprint density at radius 1 is 1.10 bits per heavy atom. The Kier molecular flexibility index (Phi) is 7.80. The van der Waals surface area contributed by atoms with Crippen molar-refractivity contribution in [2.45, 2.75) is 64.2 Å². The molecule has 0 bridgehead atoms. The van der Waals surface area contributed by atoms with Crippen LogP contribution >= 0.6 is 0 Å². The molecule has 0 aliphatic heterocycles. The van der Waals surface area contributed by atoms with E-state index in [1.54, 1.807) is 48.3 Å². The number of ether oxygens (including phenoxy) is 2. The maximum atomic E-state index is 15.4. The van der Waals surface area contributed by atoms with Crippen molar-refractivity contribution in [2.75, 3.05) is 12.8 Å². The molecule has 42 heavy (non-hydrogen) atoms. The molecular formula is C28H33F2N9O3. The third-order valence-electron chi connectivity index (χ3n) is 7.09. The molecule has 0 radical (unpaired) electrons. The third kappa shape index (κ3) is 6.02. The van der Waals surface area contributed by atoms with E-state index in [9.17, 15) is 4.79 Å². The van der Waals surface area contributed by atoms with Gasteiger partial charge in [-0.05, 0) is 75.1 Å². The lowest BCUT2D eigenvalue weighted by atomic mass is 9.92. The van der Waals surface area contributed by atoms with E-state index in [1.807, 2.05) is 20.8 Å². The van der Waals surface area contributed by atoms with Crippen molar-refractivity contribution in [3.05, 3.63) is 48.4 Å². The number of amides is 1. The zero-order valence-corrected chi connectivity index (χ0v) is 24.1. The Balaban J connectivity index is 1.31. The Hall–Kier alpha value is -4.62. The van der Waals surface area contributed by atoms with Gasteiger partial charge in [0.05, 0.1) is 17.9 Å². The van der Waals surface area contributed by atoms with Crippen LogP contribution in [0.1, 0.15) is 46.5 Å². The highest BCUT2D eigenvalue weighted by molar-refractivity contribution is 5.76. The number of pyridine rings is 1. The monoisotopic (exact) mass is 581 g/mol. The van der Waals surface area contributed by atoms with Gasteiger partial charge in [-0.2, -0.15) is 14.2 Å². The molecule has 1 saturated carbocycles. The summed E-state index contributed by atoms with van der Waals surface area (Å²) in [4.78, 5) is 18.2. The highest BCUT2D eigenvalue weighted by atomic mass is 19.2. The molecule has 3 heterocycles. The van der Waals surface area contributed by atoms with Gasteiger partial charge in [0.25, 0.3) is 0 Å². The number of aromatic nitrogens is 7. The van der Waals surface area contributed by atoms with Gasteiger partial charge in [0, 0.05) is 43.7 Å². The van der Waals surface area contributed by atoms with Crippen LogP contribution in [-0.2, 0) is 11.8 Å². The molecule has 14 heteroatoms. The summed E-state index contributed by atoms with van der Waals surface area (Å²) in [6, 6.07) is 4.39. The minimum absolute atomic E-state index is 0.0273. The van der Waals surface area contributed by atoms with Crippen LogP contribution in [0, 0.1) is 11.6 Å². The minimum atomic E-state index is -1.17. The van der Waals surface area contributed by atoms with E-state index < -0.39 is 17.2 Å². The molecule has 5 rings (SSSR count). The molecule has 222 valence electrons. The average molecular weight is 582 g/mol. The summed E-state index contributed by atoms with van der Waals surface area (Å²) in [6.45, 7) is 5.45. The molecule has 1 aliphatic rings. The van der Waals surface area contributed by atoms with Gasteiger partial charge in [-0.3, -0.25) is 4.68 Å². The number of nitrogen functional groups attached to an aromatic ring is 1. The first-order valence-corrected chi connectivity index (χ1v) is 13.6. The second kappa shape index (κ2) is 11.3. The van der Waals surface area contributed by atoms with Crippen LogP contribution in [0.15, 0.2) is 36.8 Å². The molecule has 1 amide bonds. The first kappa shape index (κ1) is 28.9. The zero-order chi connectivity index (χ0) is 30.2. The number of carbonyl (C=O) groups excluding carboxylic acids is 1. The normalized spacial score (nSPS) is 17.2. The lowest BCUT2D eigenvalue weighted by molar-refractivity contribution is 0.0137. The molecule has 0 saturated heterocycles.